The van der Waals surface area contributed by atoms with E-state index in [2.05, 4.69) is 31.3 Å². The molecule has 0 aliphatic rings. The molecule has 6 heteroatoms. The van der Waals surface area contributed by atoms with E-state index in [0.717, 1.165) is 38.5 Å². The summed E-state index contributed by atoms with van der Waals surface area (Å²) in [5, 5.41) is 23.5. The monoisotopic (exact) mass is 1210 g/mol. The molecular weight excluding hydrogens is 1050 g/mol. The molecule has 0 rings (SSSR count). The molecular formula is C80H157NO5. The van der Waals surface area contributed by atoms with Gasteiger partial charge in [0.15, 0.2) is 0 Å². The van der Waals surface area contributed by atoms with Gasteiger partial charge in [-0.05, 0) is 51.4 Å². The van der Waals surface area contributed by atoms with Gasteiger partial charge in [0.2, 0.25) is 5.91 Å². The van der Waals surface area contributed by atoms with Gasteiger partial charge in [-0.15, -0.1) is 0 Å². The van der Waals surface area contributed by atoms with E-state index in [4.69, 9.17) is 4.74 Å². The minimum atomic E-state index is -0.667. The first-order chi connectivity index (χ1) is 42.5. The number of aliphatic hydroxyl groups is 2. The van der Waals surface area contributed by atoms with Gasteiger partial charge in [-0.25, -0.2) is 0 Å². The highest BCUT2D eigenvalue weighted by atomic mass is 16.5. The Hall–Kier alpha value is -1.40. The lowest BCUT2D eigenvalue weighted by atomic mass is 10.0. The van der Waals surface area contributed by atoms with Gasteiger partial charge in [-0.2, -0.15) is 0 Å². The van der Waals surface area contributed by atoms with E-state index in [1.165, 1.54) is 392 Å². The second-order valence-electron chi connectivity index (χ2n) is 27.8. The normalized spacial score (nSPS) is 12.5. The van der Waals surface area contributed by atoms with Crippen LogP contribution in [0.5, 0.6) is 0 Å². The molecule has 0 aliphatic carbocycles. The Morgan fingerprint density at radius 1 is 0.314 bits per heavy atom. The highest BCUT2D eigenvalue weighted by Crippen LogP contribution is 2.20. The molecule has 2 atom stereocenters. The summed E-state index contributed by atoms with van der Waals surface area (Å²) in [7, 11) is 0. The predicted molar refractivity (Wildman–Crippen MR) is 380 cm³/mol. The molecule has 0 saturated heterocycles. The fourth-order valence-corrected chi connectivity index (χ4v) is 13.0. The number of amides is 1. The summed E-state index contributed by atoms with van der Waals surface area (Å²) in [6, 6.07) is -0.544. The van der Waals surface area contributed by atoms with E-state index in [0.29, 0.717) is 25.9 Å². The molecule has 0 aliphatic heterocycles. The number of unbranched alkanes of at least 4 members (excludes halogenated alkanes) is 63. The van der Waals surface area contributed by atoms with Crippen LogP contribution in [-0.4, -0.2) is 47.4 Å². The van der Waals surface area contributed by atoms with Crippen LogP contribution in [0, 0.1) is 0 Å². The van der Waals surface area contributed by atoms with Crippen molar-refractivity contribution in [2.24, 2.45) is 0 Å². The Kier molecular flexibility index (Phi) is 74.8. The van der Waals surface area contributed by atoms with Crippen LogP contribution in [0.3, 0.4) is 0 Å². The first kappa shape index (κ1) is 84.6. The van der Waals surface area contributed by atoms with Crippen molar-refractivity contribution in [2.45, 2.75) is 475 Å². The molecule has 0 saturated carbocycles. The average Bonchev–Trinajstić information content (AvgIpc) is 3.53. The second-order valence-corrected chi connectivity index (χ2v) is 27.8. The number of aliphatic hydroxyl groups excluding tert-OH is 2. The number of allylic oxidation sites excluding steroid dienone is 2. The summed E-state index contributed by atoms with van der Waals surface area (Å²) < 4.78 is 5.52. The molecule has 512 valence electrons. The molecule has 0 spiro atoms. The van der Waals surface area contributed by atoms with Gasteiger partial charge in [0.25, 0.3) is 0 Å². The number of nitrogens with one attached hydrogen (secondary N) is 1. The fraction of sp³-hybridized carbons (Fsp3) is 0.950. The first-order valence-corrected chi connectivity index (χ1v) is 39.9. The van der Waals surface area contributed by atoms with Crippen molar-refractivity contribution < 1.29 is 24.5 Å². The number of hydrogen-bond acceptors (Lipinski definition) is 5. The Labute approximate surface area is 539 Å². The van der Waals surface area contributed by atoms with Crippen LogP contribution in [-0.2, 0) is 14.3 Å². The van der Waals surface area contributed by atoms with Crippen molar-refractivity contribution >= 4 is 11.9 Å². The molecule has 0 bridgehead atoms. The van der Waals surface area contributed by atoms with Crippen LogP contribution in [0.4, 0.5) is 0 Å². The van der Waals surface area contributed by atoms with Crippen molar-refractivity contribution in [1.29, 1.82) is 0 Å². The molecule has 2 unspecified atom stereocenters. The minimum Gasteiger partial charge on any atom is -0.466 e. The van der Waals surface area contributed by atoms with Gasteiger partial charge in [-0.3, -0.25) is 9.59 Å². The van der Waals surface area contributed by atoms with E-state index in [-0.39, 0.29) is 18.5 Å². The van der Waals surface area contributed by atoms with E-state index in [1.54, 1.807) is 0 Å². The van der Waals surface area contributed by atoms with E-state index >= 15 is 0 Å². The lowest BCUT2D eigenvalue weighted by Crippen LogP contribution is -2.45. The zero-order valence-corrected chi connectivity index (χ0v) is 58.8. The smallest absolute Gasteiger partial charge is 0.305 e. The summed E-state index contributed by atoms with van der Waals surface area (Å²) >= 11 is 0. The molecule has 0 aromatic rings. The number of esters is 1. The van der Waals surface area contributed by atoms with Crippen molar-refractivity contribution in [1.82, 2.24) is 5.32 Å². The van der Waals surface area contributed by atoms with Crippen molar-refractivity contribution in [3.63, 3.8) is 0 Å². The molecule has 0 radical (unpaired) electrons. The van der Waals surface area contributed by atoms with Gasteiger partial charge >= 0.3 is 5.97 Å². The number of hydrogen-bond donors (Lipinski definition) is 3. The summed E-state index contributed by atoms with van der Waals surface area (Å²) in [4.78, 5) is 24.7. The Bertz CT molecular complexity index is 1300. The topological polar surface area (TPSA) is 95.9 Å². The van der Waals surface area contributed by atoms with Gasteiger partial charge in [0.1, 0.15) is 0 Å². The van der Waals surface area contributed by atoms with Gasteiger partial charge in [0, 0.05) is 12.8 Å². The minimum absolute atomic E-state index is 0.0207. The molecule has 0 heterocycles. The third kappa shape index (κ3) is 71.7. The summed E-state index contributed by atoms with van der Waals surface area (Å²) in [5.74, 6) is -0.0100. The van der Waals surface area contributed by atoms with Gasteiger partial charge in [0.05, 0.1) is 25.4 Å². The third-order valence-corrected chi connectivity index (χ3v) is 19.1. The Morgan fingerprint density at radius 2 is 0.547 bits per heavy atom. The molecule has 0 aromatic carbocycles. The molecule has 86 heavy (non-hydrogen) atoms. The third-order valence-electron chi connectivity index (χ3n) is 19.1. The Balaban J connectivity index is 3.37. The Morgan fingerprint density at radius 3 is 0.826 bits per heavy atom. The fourth-order valence-electron chi connectivity index (χ4n) is 13.0. The number of ether oxygens (including phenoxy) is 1. The van der Waals surface area contributed by atoms with E-state index in [1.807, 2.05) is 0 Å². The van der Waals surface area contributed by atoms with Crippen molar-refractivity contribution in [3.05, 3.63) is 12.2 Å². The number of rotatable bonds is 76. The largest absolute Gasteiger partial charge is 0.466 e. The lowest BCUT2D eigenvalue weighted by molar-refractivity contribution is -0.143. The van der Waals surface area contributed by atoms with Crippen molar-refractivity contribution in [2.75, 3.05) is 13.2 Å². The predicted octanol–water partition coefficient (Wildman–Crippen LogP) is 26.3. The average molecular weight is 1210 g/mol. The number of carbonyl (C=O) groups excluding carboxylic acids is 2. The van der Waals surface area contributed by atoms with Crippen LogP contribution < -0.4 is 5.32 Å². The van der Waals surface area contributed by atoms with Crippen LogP contribution in [0.2, 0.25) is 0 Å². The maximum atomic E-state index is 12.6. The summed E-state index contributed by atoms with van der Waals surface area (Å²) in [5.41, 5.74) is 0. The molecule has 6 nitrogen and oxygen atoms in total. The van der Waals surface area contributed by atoms with Gasteiger partial charge in [-0.1, -0.05) is 411 Å². The summed E-state index contributed by atoms with van der Waals surface area (Å²) in [6.45, 7) is 5.02. The lowest BCUT2D eigenvalue weighted by Gasteiger charge is -2.22. The van der Waals surface area contributed by atoms with Crippen LogP contribution >= 0.6 is 0 Å². The van der Waals surface area contributed by atoms with Gasteiger partial charge < -0.3 is 20.3 Å². The second kappa shape index (κ2) is 76.1. The zero-order valence-electron chi connectivity index (χ0n) is 58.8. The molecule has 0 aromatic heterocycles. The maximum absolute atomic E-state index is 12.6. The first-order valence-electron chi connectivity index (χ1n) is 39.9. The SMILES string of the molecule is CCCCCCCCCCCCCCCCCCCCCCCCCCC(O)C(CO)NC(=O)CCCCCCCCCCCC/C=C\CCCCCCCCCCCCCCOC(=O)CCCCCCCCCCCCCCCCCCCCC. The van der Waals surface area contributed by atoms with Crippen molar-refractivity contribution in [3.8, 4) is 0 Å². The van der Waals surface area contributed by atoms with Crippen LogP contribution in [0.15, 0.2) is 12.2 Å². The zero-order chi connectivity index (χ0) is 62.0. The standard InChI is InChI=1S/C80H157NO5/c1-3-5-7-9-11-13-15-17-19-21-23-24-25-30-33-37-40-44-48-52-56-60-64-68-72-78(83)77(76-82)81-79(84)73-69-65-61-57-53-49-45-41-38-34-31-28-26-27-29-32-35-39-43-47-51-55-59-63-67-71-75-86-80(85)74-70-66-62-58-54-50-46-42-36-22-20-18-16-14-12-10-8-6-4-2/h26,28,77-78,82-83H,3-25,27,29-76H2,1-2H3,(H,81,84)/b28-26-. The quantitative estimate of drug-likeness (QED) is 0.0320. The highest BCUT2D eigenvalue weighted by Gasteiger charge is 2.20. The molecule has 0 fully saturated rings. The maximum Gasteiger partial charge on any atom is 0.305 e. The van der Waals surface area contributed by atoms with E-state index in [9.17, 15) is 19.8 Å². The highest BCUT2D eigenvalue weighted by molar-refractivity contribution is 5.76. The van der Waals surface area contributed by atoms with Crippen LogP contribution in [0.25, 0.3) is 0 Å². The van der Waals surface area contributed by atoms with Crippen LogP contribution in [0.1, 0.15) is 463 Å². The number of carbonyl (C=O) groups is 2. The summed E-state index contributed by atoms with van der Waals surface area (Å²) in [6.07, 6.45) is 95.8. The molecule has 1 amide bonds. The van der Waals surface area contributed by atoms with E-state index < -0.39 is 12.1 Å². The molecule has 3 N–H and O–H groups in total.